The number of nitrogens with zero attached hydrogens (tertiary/aromatic N) is 1. The monoisotopic (exact) mass is 274 g/mol. The van der Waals surface area contributed by atoms with Crippen LogP contribution < -0.4 is 10.1 Å². The van der Waals surface area contributed by atoms with E-state index >= 15 is 0 Å². The zero-order chi connectivity index (χ0) is 14.3. The number of nitrogens with one attached hydrogen (secondary N) is 1. The maximum absolute atomic E-state index is 6.23. The maximum atomic E-state index is 6.23. The van der Waals surface area contributed by atoms with Gasteiger partial charge in [0.25, 0.3) is 0 Å². The average molecular weight is 274 g/mol. The topological polar surface area (TPSA) is 24.5 Å². The Bertz CT molecular complexity index is 504. The highest BCUT2D eigenvalue weighted by molar-refractivity contribution is 5.45. The first-order valence-electron chi connectivity index (χ1n) is 7.71. The van der Waals surface area contributed by atoms with Gasteiger partial charge < -0.3 is 10.1 Å². The van der Waals surface area contributed by atoms with Crippen LogP contribution in [0.25, 0.3) is 0 Å². The SMILES string of the molecule is Cc1cc2c(cc1C)C(N1CCNCC1)CC(C)(C)O2. The standard InChI is InChI=1S/C17H26N2O/c1-12-9-14-15(19-7-5-18-6-8-19)11-17(3,4)20-16(14)10-13(12)2/h9-10,15,18H,5-8,11H2,1-4H3. The van der Waals surface area contributed by atoms with Gasteiger partial charge in [-0.05, 0) is 44.9 Å². The predicted octanol–water partition coefficient (Wildman–Crippen LogP) is 2.81. The summed E-state index contributed by atoms with van der Waals surface area (Å²) in [5.41, 5.74) is 3.99. The van der Waals surface area contributed by atoms with Crippen LogP contribution in [0.1, 0.15) is 43.0 Å². The molecule has 1 saturated heterocycles. The number of rotatable bonds is 1. The van der Waals surface area contributed by atoms with Crippen LogP contribution in [0.4, 0.5) is 0 Å². The number of piperazine rings is 1. The molecule has 1 fully saturated rings. The summed E-state index contributed by atoms with van der Waals surface area (Å²) in [6, 6.07) is 5.06. The summed E-state index contributed by atoms with van der Waals surface area (Å²) in [6.07, 6.45) is 1.07. The Balaban J connectivity index is 2.00. The fourth-order valence-electron chi connectivity index (χ4n) is 3.40. The molecule has 1 atom stereocenters. The van der Waals surface area contributed by atoms with Crippen molar-refractivity contribution in [3.8, 4) is 5.75 Å². The van der Waals surface area contributed by atoms with Crippen molar-refractivity contribution in [3.05, 3.63) is 28.8 Å². The minimum Gasteiger partial charge on any atom is -0.487 e. The van der Waals surface area contributed by atoms with Gasteiger partial charge >= 0.3 is 0 Å². The van der Waals surface area contributed by atoms with Crippen LogP contribution in [0.3, 0.4) is 0 Å². The highest BCUT2D eigenvalue weighted by Crippen LogP contribution is 2.43. The molecule has 3 nitrogen and oxygen atoms in total. The molecule has 3 heteroatoms. The highest BCUT2D eigenvalue weighted by atomic mass is 16.5. The minimum absolute atomic E-state index is 0.0791. The first-order valence-corrected chi connectivity index (χ1v) is 7.71. The van der Waals surface area contributed by atoms with E-state index in [4.69, 9.17) is 4.74 Å². The van der Waals surface area contributed by atoms with Gasteiger partial charge in [0.1, 0.15) is 11.4 Å². The van der Waals surface area contributed by atoms with E-state index < -0.39 is 0 Å². The van der Waals surface area contributed by atoms with Crippen LogP contribution in [-0.2, 0) is 0 Å². The third kappa shape index (κ3) is 2.57. The molecule has 0 bridgehead atoms. The number of fused-ring (bicyclic) bond motifs is 1. The van der Waals surface area contributed by atoms with E-state index in [0.717, 1.165) is 38.3 Å². The molecule has 3 rings (SSSR count). The van der Waals surface area contributed by atoms with Crippen LogP contribution in [0.2, 0.25) is 0 Å². The van der Waals surface area contributed by atoms with Crippen molar-refractivity contribution < 1.29 is 4.74 Å². The van der Waals surface area contributed by atoms with Gasteiger partial charge in [-0.2, -0.15) is 0 Å². The lowest BCUT2D eigenvalue weighted by molar-refractivity contribution is 0.0259. The van der Waals surface area contributed by atoms with Gasteiger partial charge in [-0.15, -0.1) is 0 Å². The van der Waals surface area contributed by atoms with Crippen LogP contribution in [0, 0.1) is 13.8 Å². The van der Waals surface area contributed by atoms with Gasteiger partial charge in [0.15, 0.2) is 0 Å². The molecular formula is C17H26N2O. The molecule has 1 aromatic rings. The Hall–Kier alpha value is -1.06. The molecule has 2 heterocycles. The predicted molar refractivity (Wildman–Crippen MR) is 82.4 cm³/mol. The fraction of sp³-hybridized carbons (Fsp3) is 0.647. The van der Waals surface area contributed by atoms with Crippen molar-refractivity contribution in [3.63, 3.8) is 0 Å². The Morgan fingerprint density at radius 3 is 2.50 bits per heavy atom. The van der Waals surface area contributed by atoms with E-state index in [2.05, 4.69) is 50.0 Å². The molecule has 0 aliphatic carbocycles. The Kier molecular flexibility index (Phi) is 3.51. The molecule has 1 aromatic carbocycles. The first-order chi connectivity index (χ1) is 9.46. The van der Waals surface area contributed by atoms with Gasteiger partial charge in [0.2, 0.25) is 0 Å². The highest BCUT2D eigenvalue weighted by Gasteiger charge is 2.37. The number of hydrogen-bond donors (Lipinski definition) is 1. The first kappa shape index (κ1) is 13.9. The molecule has 2 aliphatic heterocycles. The van der Waals surface area contributed by atoms with E-state index in [-0.39, 0.29) is 5.60 Å². The molecule has 110 valence electrons. The normalized spacial score (nSPS) is 25.9. The Labute approximate surface area is 122 Å². The van der Waals surface area contributed by atoms with Gasteiger partial charge in [0.05, 0.1) is 0 Å². The summed E-state index contributed by atoms with van der Waals surface area (Å²) < 4.78 is 6.23. The summed E-state index contributed by atoms with van der Waals surface area (Å²) in [4.78, 5) is 2.62. The Morgan fingerprint density at radius 1 is 1.15 bits per heavy atom. The van der Waals surface area contributed by atoms with Crippen molar-refractivity contribution in [2.45, 2.75) is 45.8 Å². The number of hydrogen-bond acceptors (Lipinski definition) is 3. The van der Waals surface area contributed by atoms with E-state index in [1.165, 1.54) is 16.7 Å². The van der Waals surface area contributed by atoms with Gasteiger partial charge in [-0.25, -0.2) is 0 Å². The molecule has 1 N–H and O–H groups in total. The molecule has 0 amide bonds. The summed E-state index contributed by atoms with van der Waals surface area (Å²) in [5.74, 6) is 1.09. The molecule has 0 spiro atoms. The minimum atomic E-state index is -0.0791. The number of aryl methyl sites for hydroxylation is 2. The van der Waals surface area contributed by atoms with Gasteiger partial charge in [-0.1, -0.05) is 6.07 Å². The lowest BCUT2D eigenvalue weighted by Gasteiger charge is -2.44. The largest absolute Gasteiger partial charge is 0.487 e. The molecule has 0 saturated carbocycles. The second kappa shape index (κ2) is 5.05. The van der Waals surface area contributed by atoms with Crippen molar-refractivity contribution in [1.29, 1.82) is 0 Å². The smallest absolute Gasteiger partial charge is 0.125 e. The Morgan fingerprint density at radius 2 is 1.80 bits per heavy atom. The van der Waals surface area contributed by atoms with Crippen molar-refractivity contribution in [1.82, 2.24) is 10.2 Å². The second-order valence-electron chi connectivity index (χ2n) is 6.84. The van der Waals surface area contributed by atoms with Crippen LogP contribution in [-0.4, -0.2) is 36.7 Å². The molecule has 0 radical (unpaired) electrons. The zero-order valence-corrected chi connectivity index (χ0v) is 13.1. The van der Waals surface area contributed by atoms with Crippen molar-refractivity contribution in [2.24, 2.45) is 0 Å². The van der Waals surface area contributed by atoms with Gasteiger partial charge in [-0.3, -0.25) is 4.90 Å². The zero-order valence-electron chi connectivity index (χ0n) is 13.1. The lowest BCUT2D eigenvalue weighted by atomic mass is 9.87. The molecule has 0 aromatic heterocycles. The second-order valence-corrected chi connectivity index (χ2v) is 6.84. The average Bonchev–Trinajstić information content (AvgIpc) is 2.40. The third-order valence-electron chi connectivity index (χ3n) is 4.65. The van der Waals surface area contributed by atoms with Crippen molar-refractivity contribution >= 4 is 0 Å². The van der Waals surface area contributed by atoms with Crippen LogP contribution >= 0.6 is 0 Å². The maximum Gasteiger partial charge on any atom is 0.125 e. The third-order valence-corrected chi connectivity index (χ3v) is 4.65. The summed E-state index contributed by atoms with van der Waals surface area (Å²) in [5, 5.41) is 3.45. The van der Waals surface area contributed by atoms with E-state index in [0.29, 0.717) is 6.04 Å². The fourth-order valence-corrected chi connectivity index (χ4v) is 3.40. The molecular weight excluding hydrogens is 248 g/mol. The van der Waals surface area contributed by atoms with E-state index in [1.54, 1.807) is 0 Å². The van der Waals surface area contributed by atoms with Crippen molar-refractivity contribution in [2.75, 3.05) is 26.2 Å². The molecule has 1 unspecified atom stereocenters. The number of ether oxygens (including phenoxy) is 1. The van der Waals surface area contributed by atoms with E-state index in [9.17, 15) is 0 Å². The molecule has 20 heavy (non-hydrogen) atoms. The molecule has 2 aliphatic rings. The summed E-state index contributed by atoms with van der Waals surface area (Å²) in [7, 11) is 0. The van der Waals surface area contributed by atoms with Gasteiger partial charge in [0, 0.05) is 44.2 Å². The number of benzene rings is 1. The quantitative estimate of drug-likeness (QED) is 0.852. The van der Waals surface area contributed by atoms with Crippen LogP contribution in [0.5, 0.6) is 5.75 Å². The summed E-state index contributed by atoms with van der Waals surface area (Å²) in [6.45, 7) is 13.2. The van der Waals surface area contributed by atoms with E-state index in [1.807, 2.05) is 0 Å². The summed E-state index contributed by atoms with van der Waals surface area (Å²) >= 11 is 0. The lowest BCUT2D eigenvalue weighted by Crippen LogP contribution is -2.48. The van der Waals surface area contributed by atoms with Crippen LogP contribution in [0.15, 0.2) is 12.1 Å².